The van der Waals surface area contributed by atoms with E-state index in [9.17, 15) is 4.79 Å². The van der Waals surface area contributed by atoms with E-state index in [4.69, 9.17) is 4.42 Å². The molecule has 1 amide bonds. The van der Waals surface area contributed by atoms with Gasteiger partial charge in [0, 0.05) is 5.69 Å². The smallest absolute Gasteiger partial charge is 0.277 e. The molecular formula is C18H25N3O2S2. The lowest BCUT2D eigenvalue weighted by atomic mass is 9.92. The Labute approximate surface area is 157 Å². The topological polar surface area (TPSA) is 68.0 Å². The Bertz CT molecular complexity index is 688. The van der Waals surface area contributed by atoms with Gasteiger partial charge in [-0.05, 0) is 29.2 Å². The van der Waals surface area contributed by atoms with E-state index >= 15 is 0 Å². The summed E-state index contributed by atoms with van der Waals surface area (Å²) in [6.07, 6.45) is 1.98. The van der Waals surface area contributed by atoms with E-state index in [-0.39, 0.29) is 11.7 Å². The van der Waals surface area contributed by atoms with Gasteiger partial charge in [0.15, 0.2) is 0 Å². The number of nitrogens with zero attached hydrogens (tertiary/aromatic N) is 2. The van der Waals surface area contributed by atoms with Crippen molar-refractivity contribution in [3.8, 4) is 0 Å². The number of thioether (sulfide) groups is 2. The molecule has 5 nitrogen and oxygen atoms in total. The molecule has 0 aliphatic heterocycles. The highest BCUT2D eigenvalue weighted by molar-refractivity contribution is 7.99. The fraction of sp³-hybridized carbons (Fsp3) is 0.500. The quantitative estimate of drug-likeness (QED) is 0.657. The van der Waals surface area contributed by atoms with Crippen LogP contribution in [0.5, 0.6) is 0 Å². The van der Waals surface area contributed by atoms with Crippen molar-refractivity contribution in [1.82, 2.24) is 10.2 Å². The Balaban J connectivity index is 2.06. The van der Waals surface area contributed by atoms with Crippen LogP contribution < -0.4 is 5.32 Å². The fourth-order valence-corrected chi connectivity index (χ4v) is 3.42. The Morgan fingerprint density at radius 2 is 1.80 bits per heavy atom. The number of amides is 1. The van der Waals surface area contributed by atoms with Crippen molar-refractivity contribution in [2.75, 3.05) is 17.3 Å². The first-order valence-corrected chi connectivity index (χ1v) is 10.7. The molecule has 0 aliphatic carbocycles. The molecular weight excluding hydrogens is 354 g/mol. The summed E-state index contributed by atoms with van der Waals surface area (Å²) in [7, 11) is 0. The third kappa shape index (κ3) is 5.51. The largest absolute Gasteiger partial charge is 0.415 e. The monoisotopic (exact) mass is 379 g/mol. The van der Waals surface area contributed by atoms with Crippen LogP contribution in [0.25, 0.3) is 0 Å². The van der Waals surface area contributed by atoms with Gasteiger partial charge in [-0.2, -0.15) is 11.8 Å². The maximum Gasteiger partial charge on any atom is 0.277 e. The van der Waals surface area contributed by atoms with Crippen LogP contribution in [0.3, 0.4) is 0 Å². The number of rotatable bonds is 8. The minimum absolute atomic E-state index is 0.0652. The molecule has 1 aromatic heterocycles. The van der Waals surface area contributed by atoms with E-state index in [0.717, 1.165) is 16.8 Å². The van der Waals surface area contributed by atoms with Gasteiger partial charge in [0.25, 0.3) is 5.22 Å². The molecule has 0 radical (unpaired) electrons. The van der Waals surface area contributed by atoms with Crippen molar-refractivity contribution in [2.24, 2.45) is 0 Å². The summed E-state index contributed by atoms with van der Waals surface area (Å²) in [4.78, 5) is 12.4. The molecule has 0 spiro atoms. The number of para-hydroxylation sites is 1. The SMILES string of the molecule is CSCc1nnc(SCC(=O)Nc2c(C(C)C)cccc2C(C)C)o1. The highest BCUT2D eigenvalue weighted by Crippen LogP contribution is 2.32. The normalized spacial score (nSPS) is 11.3. The van der Waals surface area contributed by atoms with Gasteiger partial charge in [0.2, 0.25) is 11.8 Å². The van der Waals surface area contributed by atoms with Gasteiger partial charge in [0.1, 0.15) is 0 Å². The molecule has 2 aromatic rings. The zero-order chi connectivity index (χ0) is 18.4. The minimum atomic E-state index is -0.0652. The summed E-state index contributed by atoms with van der Waals surface area (Å²) >= 11 is 2.88. The summed E-state index contributed by atoms with van der Waals surface area (Å²) in [6.45, 7) is 8.54. The number of carbonyl (C=O) groups excluding carboxylic acids is 1. The zero-order valence-corrected chi connectivity index (χ0v) is 17.0. The Hall–Kier alpha value is -1.47. The molecule has 25 heavy (non-hydrogen) atoms. The highest BCUT2D eigenvalue weighted by Gasteiger charge is 2.17. The van der Waals surface area contributed by atoms with Crippen LogP contribution in [0.4, 0.5) is 5.69 Å². The van der Waals surface area contributed by atoms with Crippen LogP contribution in [0, 0.1) is 0 Å². The third-order valence-corrected chi connectivity index (χ3v) is 5.03. The summed E-state index contributed by atoms with van der Waals surface area (Å²) in [5.74, 6) is 2.12. The second-order valence-corrected chi connectivity index (χ2v) is 8.15. The van der Waals surface area contributed by atoms with Crippen LogP contribution in [0.15, 0.2) is 27.8 Å². The number of benzene rings is 1. The molecule has 0 fully saturated rings. The van der Waals surface area contributed by atoms with Crippen LogP contribution >= 0.6 is 23.5 Å². The Morgan fingerprint density at radius 1 is 1.16 bits per heavy atom. The average Bonchev–Trinajstić information content (AvgIpc) is 3.00. The maximum absolute atomic E-state index is 12.4. The first-order valence-electron chi connectivity index (χ1n) is 8.29. The molecule has 136 valence electrons. The van der Waals surface area contributed by atoms with Gasteiger partial charge in [0.05, 0.1) is 11.5 Å². The minimum Gasteiger partial charge on any atom is -0.415 e. The molecule has 1 N–H and O–H groups in total. The predicted molar refractivity (Wildman–Crippen MR) is 105 cm³/mol. The second kappa shape index (κ2) is 9.29. The first-order chi connectivity index (χ1) is 11.9. The van der Waals surface area contributed by atoms with Crippen LogP contribution in [-0.4, -0.2) is 28.1 Å². The number of nitrogens with one attached hydrogen (secondary N) is 1. The van der Waals surface area contributed by atoms with E-state index in [0.29, 0.717) is 28.7 Å². The molecule has 1 heterocycles. The van der Waals surface area contributed by atoms with Crippen molar-refractivity contribution in [1.29, 1.82) is 0 Å². The van der Waals surface area contributed by atoms with E-state index in [2.05, 4.69) is 61.4 Å². The van der Waals surface area contributed by atoms with Crippen LogP contribution in [0.1, 0.15) is 56.5 Å². The number of hydrogen-bond acceptors (Lipinski definition) is 6. The molecule has 1 aromatic carbocycles. The van der Waals surface area contributed by atoms with E-state index in [1.165, 1.54) is 11.8 Å². The van der Waals surface area contributed by atoms with Crippen LogP contribution in [-0.2, 0) is 10.5 Å². The second-order valence-electron chi connectivity index (χ2n) is 6.35. The predicted octanol–water partition coefficient (Wildman–Crippen LogP) is 4.91. The van der Waals surface area contributed by atoms with Gasteiger partial charge < -0.3 is 9.73 Å². The Kier molecular flexibility index (Phi) is 7.38. The standard InChI is InChI=1S/C18H25N3O2S2/c1-11(2)13-7-6-8-14(12(3)4)17(13)19-15(22)9-25-18-21-20-16(23-18)10-24-5/h6-8,11-12H,9-10H2,1-5H3,(H,19,22). The summed E-state index contributed by atoms with van der Waals surface area (Å²) in [5.41, 5.74) is 3.25. The molecule has 0 aliphatic rings. The summed E-state index contributed by atoms with van der Waals surface area (Å²) in [6, 6.07) is 6.21. The number of hydrogen-bond donors (Lipinski definition) is 1. The number of anilines is 1. The summed E-state index contributed by atoms with van der Waals surface area (Å²) in [5, 5.41) is 11.4. The highest BCUT2D eigenvalue weighted by atomic mass is 32.2. The van der Waals surface area contributed by atoms with Crippen molar-refractivity contribution < 1.29 is 9.21 Å². The molecule has 0 saturated carbocycles. The van der Waals surface area contributed by atoms with Gasteiger partial charge in [-0.25, -0.2) is 0 Å². The average molecular weight is 380 g/mol. The summed E-state index contributed by atoms with van der Waals surface area (Å²) < 4.78 is 5.49. The van der Waals surface area contributed by atoms with E-state index in [1.54, 1.807) is 11.8 Å². The number of carbonyl (C=O) groups is 1. The lowest BCUT2D eigenvalue weighted by Crippen LogP contribution is -2.17. The van der Waals surface area contributed by atoms with Crippen molar-refractivity contribution in [3.05, 3.63) is 35.2 Å². The van der Waals surface area contributed by atoms with Gasteiger partial charge in [-0.3, -0.25) is 4.79 Å². The number of aromatic nitrogens is 2. The van der Waals surface area contributed by atoms with E-state index in [1.807, 2.05) is 6.26 Å². The Morgan fingerprint density at radius 3 is 2.36 bits per heavy atom. The molecule has 0 bridgehead atoms. The van der Waals surface area contributed by atoms with Crippen molar-refractivity contribution in [3.63, 3.8) is 0 Å². The molecule has 0 unspecified atom stereocenters. The fourth-order valence-electron chi connectivity index (χ4n) is 2.48. The lowest BCUT2D eigenvalue weighted by Gasteiger charge is -2.20. The van der Waals surface area contributed by atoms with Gasteiger partial charge in [-0.1, -0.05) is 57.7 Å². The molecule has 2 rings (SSSR count). The molecule has 7 heteroatoms. The van der Waals surface area contributed by atoms with E-state index < -0.39 is 0 Å². The first kappa shape index (κ1) is 19.8. The molecule has 0 atom stereocenters. The zero-order valence-electron chi connectivity index (χ0n) is 15.3. The van der Waals surface area contributed by atoms with Crippen molar-refractivity contribution >= 4 is 35.1 Å². The third-order valence-electron chi connectivity index (χ3n) is 3.68. The van der Waals surface area contributed by atoms with Crippen LogP contribution in [0.2, 0.25) is 0 Å². The molecule has 0 saturated heterocycles. The van der Waals surface area contributed by atoms with Gasteiger partial charge >= 0.3 is 0 Å². The maximum atomic E-state index is 12.4. The van der Waals surface area contributed by atoms with Gasteiger partial charge in [-0.15, -0.1) is 10.2 Å². The van der Waals surface area contributed by atoms with Crippen molar-refractivity contribution in [2.45, 2.75) is 50.5 Å². The lowest BCUT2D eigenvalue weighted by molar-refractivity contribution is -0.113.